The number of oxazole rings is 1. The van der Waals surface area contributed by atoms with Crippen molar-refractivity contribution in [2.75, 3.05) is 7.11 Å². The van der Waals surface area contributed by atoms with E-state index in [9.17, 15) is 4.79 Å². The molecular formula is C5H4INO3. The first-order valence-corrected chi connectivity index (χ1v) is 3.51. The maximum absolute atomic E-state index is 10.7. The average molecular weight is 253 g/mol. The number of hydrogen-bond acceptors (Lipinski definition) is 4. The number of methoxy groups -OCH3 is 1. The fraction of sp³-hybridized carbons (Fsp3) is 0.200. The lowest BCUT2D eigenvalue weighted by Crippen LogP contribution is -2.02. The van der Waals surface area contributed by atoms with Crippen molar-refractivity contribution in [3.05, 3.63) is 15.9 Å². The third-order valence-electron chi connectivity index (χ3n) is 0.903. The molecule has 1 aromatic heterocycles. The summed E-state index contributed by atoms with van der Waals surface area (Å²) in [7, 11) is 1.30. The number of ether oxygens (including phenoxy) is 1. The van der Waals surface area contributed by atoms with Gasteiger partial charge in [-0.2, -0.15) is 0 Å². The molecule has 10 heavy (non-hydrogen) atoms. The third-order valence-corrected chi connectivity index (χ3v) is 1.67. The number of aromatic nitrogens is 1. The Balaban J connectivity index is 2.93. The average Bonchev–Trinajstić information content (AvgIpc) is 2.34. The monoisotopic (exact) mass is 253 g/mol. The molecule has 0 bridgehead atoms. The van der Waals surface area contributed by atoms with Crippen molar-refractivity contribution < 1.29 is 13.9 Å². The SMILES string of the molecule is COC(=O)c1ncoc1I. The molecule has 0 atom stereocenters. The zero-order valence-corrected chi connectivity index (χ0v) is 7.28. The van der Waals surface area contributed by atoms with Gasteiger partial charge in [-0.25, -0.2) is 9.78 Å². The van der Waals surface area contributed by atoms with Crippen LogP contribution in [0.1, 0.15) is 10.5 Å². The highest BCUT2D eigenvalue weighted by Gasteiger charge is 2.13. The molecule has 0 fully saturated rings. The van der Waals surface area contributed by atoms with Gasteiger partial charge in [-0.15, -0.1) is 0 Å². The Morgan fingerprint density at radius 3 is 3.00 bits per heavy atom. The predicted molar refractivity (Wildman–Crippen MR) is 40.6 cm³/mol. The van der Waals surface area contributed by atoms with E-state index in [-0.39, 0.29) is 5.69 Å². The second-order valence-electron chi connectivity index (χ2n) is 1.47. The topological polar surface area (TPSA) is 52.3 Å². The quantitative estimate of drug-likeness (QED) is 0.554. The van der Waals surface area contributed by atoms with E-state index < -0.39 is 5.97 Å². The lowest BCUT2D eigenvalue weighted by Gasteiger charge is -1.90. The summed E-state index contributed by atoms with van der Waals surface area (Å²) in [6.07, 6.45) is 1.20. The van der Waals surface area contributed by atoms with Gasteiger partial charge < -0.3 is 9.15 Å². The predicted octanol–water partition coefficient (Wildman–Crippen LogP) is 1.07. The van der Waals surface area contributed by atoms with Gasteiger partial charge >= 0.3 is 5.97 Å². The maximum Gasteiger partial charge on any atom is 0.361 e. The Bertz CT molecular complexity index is 245. The Labute approximate surface area is 70.7 Å². The van der Waals surface area contributed by atoms with E-state index in [4.69, 9.17) is 4.42 Å². The van der Waals surface area contributed by atoms with Gasteiger partial charge in [0.25, 0.3) is 0 Å². The molecule has 0 N–H and O–H groups in total. The summed E-state index contributed by atoms with van der Waals surface area (Å²) < 4.78 is 9.62. The molecule has 0 aromatic carbocycles. The second kappa shape index (κ2) is 3.00. The van der Waals surface area contributed by atoms with E-state index >= 15 is 0 Å². The number of hydrogen-bond donors (Lipinski definition) is 0. The molecule has 54 valence electrons. The van der Waals surface area contributed by atoms with Gasteiger partial charge in [-0.05, 0) is 0 Å². The van der Waals surface area contributed by atoms with Gasteiger partial charge in [0.1, 0.15) is 0 Å². The van der Waals surface area contributed by atoms with Crippen LogP contribution in [0.2, 0.25) is 0 Å². The number of carbonyl (C=O) groups is 1. The van der Waals surface area contributed by atoms with Crippen LogP contribution in [0.25, 0.3) is 0 Å². The molecule has 1 aromatic rings. The molecule has 0 aliphatic heterocycles. The molecule has 0 aliphatic rings. The highest BCUT2D eigenvalue weighted by molar-refractivity contribution is 14.1. The third kappa shape index (κ3) is 1.28. The minimum Gasteiger partial charge on any atom is -0.464 e. The van der Waals surface area contributed by atoms with E-state index in [1.165, 1.54) is 13.5 Å². The second-order valence-corrected chi connectivity index (χ2v) is 2.45. The maximum atomic E-state index is 10.7. The van der Waals surface area contributed by atoms with Gasteiger partial charge in [0.15, 0.2) is 10.2 Å². The minimum atomic E-state index is -0.474. The summed E-state index contributed by atoms with van der Waals surface area (Å²) >= 11 is 1.86. The Kier molecular flexibility index (Phi) is 2.25. The zero-order chi connectivity index (χ0) is 7.56. The molecule has 0 amide bonds. The summed E-state index contributed by atoms with van der Waals surface area (Å²) in [4.78, 5) is 14.4. The number of esters is 1. The summed E-state index contributed by atoms with van der Waals surface area (Å²) in [6.45, 7) is 0. The van der Waals surface area contributed by atoms with Gasteiger partial charge in [0.05, 0.1) is 7.11 Å². The van der Waals surface area contributed by atoms with Crippen LogP contribution in [0.3, 0.4) is 0 Å². The number of rotatable bonds is 1. The molecule has 0 aliphatic carbocycles. The summed E-state index contributed by atoms with van der Waals surface area (Å²) in [6, 6.07) is 0. The summed E-state index contributed by atoms with van der Waals surface area (Å²) in [5, 5.41) is 0. The Morgan fingerprint density at radius 1 is 1.90 bits per heavy atom. The normalized spacial score (nSPS) is 9.40. The first-order valence-electron chi connectivity index (χ1n) is 2.43. The standard InChI is InChI=1S/C5H4INO3/c1-9-5(8)3-4(6)10-2-7-3/h2H,1H3. The number of nitrogens with zero attached hydrogens (tertiary/aromatic N) is 1. The van der Waals surface area contributed by atoms with Crippen LogP contribution in [0.4, 0.5) is 0 Å². The van der Waals surface area contributed by atoms with E-state index in [2.05, 4.69) is 9.72 Å². The minimum absolute atomic E-state index is 0.225. The van der Waals surface area contributed by atoms with Crippen LogP contribution in [0.15, 0.2) is 10.8 Å². The van der Waals surface area contributed by atoms with Crippen molar-refractivity contribution in [1.29, 1.82) is 0 Å². The van der Waals surface area contributed by atoms with Crippen molar-refractivity contribution >= 4 is 28.6 Å². The first-order chi connectivity index (χ1) is 4.75. The molecule has 0 unspecified atom stereocenters. The highest BCUT2D eigenvalue weighted by Crippen LogP contribution is 2.09. The van der Waals surface area contributed by atoms with Crippen LogP contribution in [-0.2, 0) is 4.74 Å². The lowest BCUT2D eigenvalue weighted by molar-refractivity contribution is 0.0592. The van der Waals surface area contributed by atoms with Crippen molar-refractivity contribution in [2.45, 2.75) is 0 Å². The van der Waals surface area contributed by atoms with Crippen molar-refractivity contribution in [2.24, 2.45) is 0 Å². The van der Waals surface area contributed by atoms with Crippen LogP contribution < -0.4 is 0 Å². The van der Waals surface area contributed by atoms with Crippen LogP contribution in [0.5, 0.6) is 0 Å². The fourth-order valence-electron chi connectivity index (χ4n) is 0.462. The largest absolute Gasteiger partial charge is 0.464 e. The molecule has 0 spiro atoms. The molecule has 4 nitrogen and oxygen atoms in total. The zero-order valence-electron chi connectivity index (χ0n) is 5.13. The number of halogens is 1. The molecule has 0 radical (unpaired) electrons. The molecule has 5 heteroatoms. The van der Waals surface area contributed by atoms with Crippen molar-refractivity contribution in [3.8, 4) is 0 Å². The first kappa shape index (κ1) is 7.52. The van der Waals surface area contributed by atoms with E-state index in [1.54, 1.807) is 0 Å². The molecule has 0 saturated heterocycles. The van der Waals surface area contributed by atoms with Gasteiger partial charge in [-0.1, -0.05) is 0 Å². The van der Waals surface area contributed by atoms with Gasteiger partial charge in [0.2, 0.25) is 5.69 Å². The summed E-state index contributed by atoms with van der Waals surface area (Å²) in [5.41, 5.74) is 0.225. The fourth-order valence-corrected chi connectivity index (χ4v) is 0.935. The van der Waals surface area contributed by atoms with Gasteiger partial charge in [0, 0.05) is 22.6 Å². The van der Waals surface area contributed by atoms with E-state index in [1.807, 2.05) is 22.6 Å². The van der Waals surface area contributed by atoms with E-state index in [0.29, 0.717) is 3.77 Å². The molecule has 1 rings (SSSR count). The van der Waals surface area contributed by atoms with E-state index in [0.717, 1.165) is 0 Å². The smallest absolute Gasteiger partial charge is 0.361 e. The molecular weight excluding hydrogens is 249 g/mol. The Morgan fingerprint density at radius 2 is 2.60 bits per heavy atom. The highest BCUT2D eigenvalue weighted by atomic mass is 127. The number of carbonyl (C=O) groups excluding carboxylic acids is 1. The summed E-state index contributed by atoms with van der Waals surface area (Å²) in [5.74, 6) is -0.474. The van der Waals surface area contributed by atoms with Crippen LogP contribution in [0, 0.1) is 3.77 Å². The molecule has 0 saturated carbocycles. The van der Waals surface area contributed by atoms with Crippen LogP contribution in [-0.4, -0.2) is 18.1 Å². The van der Waals surface area contributed by atoms with Crippen molar-refractivity contribution in [3.63, 3.8) is 0 Å². The van der Waals surface area contributed by atoms with Crippen LogP contribution >= 0.6 is 22.6 Å². The Hall–Kier alpha value is -0.590. The van der Waals surface area contributed by atoms with Gasteiger partial charge in [-0.3, -0.25) is 0 Å². The van der Waals surface area contributed by atoms with Crippen molar-refractivity contribution in [1.82, 2.24) is 4.98 Å². The lowest BCUT2D eigenvalue weighted by atomic mass is 10.5. The molecule has 1 heterocycles.